The molecule has 1 aromatic rings. The Balaban J connectivity index is 3.08. The van der Waals surface area contributed by atoms with Crippen LogP contribution in [0.1, 0.15) is 11.1 Å². The molecule has 0 heterocycles. The van der Waals surface area contributed by atoms with Crippen molar-refractivity contribution in [2.24, 2.45) is 0 Å². The molecule has 0 aliphatic heterocycles. The van der Waals surface area contributed by atoms with Crippen LogP contribution in [0, 0.1) is 24.8 Å². The predicted molar refractivity (Wildman–Crippen MR) is 46.9 cm³/mol. The maximum atomic E-state index is 8.50. The van der Waals surface area contributed by atoms with E-state index in [0.29, 0.717) is 0 Å². The summed E-state index contributed by atoms with van der Waals surface area (Å²) in [6.07, 6.45) is 0. The summed E-state index contributed by atoms with van der Waals surface area (Å²) in [5.41, 5.74) is 4.71. The Labute approximate surface area is 69.5 Å². The van der Waals surface area contributed by atoms with Crippen LogP contribution in [-0.2, 0) is 0 Å². The normalized spacial score (nSPS) is 9.18. The topological polar surface area (TPSA) is 23.8 Å². The second-order valence-electron chi connectivity index (χ2n) is 2.48. The van der Waals surface area contributed by atoms with E-state index in [-0.39, 0.29) is 9.52 Å². The Morgan fingerprint density at radius 2 is 2.09 bits per heavy atom. The van der Waals surface area contributed by atoms with Gasteiger partial charge in [0.1, 0.15) is 0 Å². The molecule has 0 aromatic heterocycles. The molecule has 0 spiro atoms. The Bertz CT molecular complexity index is 299. The molecule has 0 saturated heterocycles. The average molecular weight is 159 g/mol. The van der Waals surface area contributed by atoms with Gasteiger partial charge in [-0.1, -0.05) is 18.2 Å². The summed E-state index contributed by atoms with van der Waals surface area (Å²) in [6, 6.07) is 6.09. The molecular formula is C9H9NSi. The number of hydrogen-bond acceptors (Lipinski definition) is 1. The lowest BCUT2D eigenvalue weighted by atomic mass is 10.1. The standard InChI is InChI=1S/C9H9NSi/c1-7-4-3-5-9(8(7)2)11-6-10/h3-5H,1-2H3. The molecule has 1 rings (SSSR count). The zero-order valence-corrected chi connectivity index (χ0v) is 7.68. The minimum absolute atomic E-state index is 0.288. The summed E-state index contributed by atoms with van der Waals surface area (Å²) in [6.45, 7) is 4.13. The molecule has 2 radical (unpaired) electrons. The molecule has 0 N–H and O–H groups in total. The molecule has 0 saturated carbocycles. The SMILES string of the molecule is Cc1cccc([Si]C#N)c1C. The highest BCUT2D eigenvalue weighted by molar-refractivity contribution is 6.61. The molecule has 54 valence electrons. The third kappa shape index (κ3) is 1.69. The summed E-state index contributed by atoms with van der Waals surface area (Å²) in [5.74, 6) is 0. The second-order valence-corrected chi connectivity index (χ2v) is 3.50. The average Bonchev–Trinajstić information content (AvgIpc) is 1.99. The van der Waals surface area contributed by atoms with Gasteiger partial charge >= 0.3 is 0 Å². The van der Waals surface area contributed by atoms with E-state index in [1.54, 1.807) is 0 Å². The summed E-state index contributed by atoms with van der Waals surface area (Å²) in [7, 11) is 0.288. The van der Waals surface area contributed by atoms with Crippen molar-refractivity contribution in [3.63, 3.8) is 0 Å². The molecule has 0 amide bonds. The van der Waals surface area contributed by atoms with Crippen LogP contribution in [0.4, 0.5) is 0 Å². The van der Waals surface area contributed by atoms with Crippen LogP contribution in [0.15, 0.2) is 18.2 Å². The minimum Gasteiger partial charge on any atom is -0.207 e. The molecule has 11 heavy (non-hydrogen) atoms. The molecule has 0 aliphatic rings. The third-order valence-electron chi connectivity index (χ3n) is 1.80. The lowest BCUT2D eigenvalue weighted by Crippen LogP contribution is -2.16. The zero-order valence-electron chi connectivity index (χ0n) is 6.68. The first-order valence-electron chi connectivity index (χ1n) is 3.47. The first kappa shape index (κ1) is 8.03. The molecule has 0 unspecified atom stereocenters. The lowest BCUT2D eigenvalue weighted by Gasteiger charge is -2.02. The first-order valence-corrected chi connectivity index (χ1v) is 4.47. The van der Waals surface area contributed by atoms with Gasteiger partial charge in [-0.05, 0) is 30.2 Å². The van der Waals surface area contributed by atoms with Gasteiger partial charge in [-0.2, -0.15) is 0 Å². The molecule has 0 aliphatic carbocycles. The van der Waals surface area contributed by atoms with Gasteiger partial charge in [-0.15, -0.1) is 0 Å². The summed E-state index contributed by atoms with van der Waals surface area (Å²) < 4.78 is 0. The van der Waals surface area contributed by atoms with Crippen LogP contribution in [-0.4, -0.2) is 9.52 Å². The lowest BCUT2D eigenvalue weighted by molar-refractivity contribution is 1.37. The van der Waals surface area contributed by atoms with Crippen molar-refractivity contribution in [2.45, 2.75) is 13.8 Å². The highest BCUT2D eigenvalue weighted by atomic mass is 28.2. The van der Waals surface area contributed by atoms with Crippen molar-refractivity contribution in [2.75, 3.05) is 0 Å². The van der Waals surface area contributed by atoms with Crippen molar-refractivity contribution in [3.05, 3.63) is 29.3 Å². The fourth-order valence-corrected chi connectivity index (χ4v) is 1.63. The van der Waals surface area contributed by atoms with Crippen LogP contribution in [0.2, 0.25) is 0 Å². The highest BCUT2D eigenvalue weighted by Crippen LogP contribution is 2.01. The van der Waals surface area contributed by atoms with Gasteiger partial charge in [-0.25, -0.2) is 5.26 Å². The molecular weight excluding hydrogens is 150 g/mol. The van der Waals surface area contributed by atoms with Crippen LogP contribution >= 0.6 is 0 Å². The number of rotatable bonds is 1. The molecule has 0 bridgehead atoms. The largest absolute Gasteiger partial charge is 0.226 e. The fraction of sp³-hybridized carbons (Fsp3) is 0.222. The monoisotopic (exact) mass is 159 g/mol. The highest BCUT2D eigenvalue weighted by Gasteiger charge is 1.99. The first-order chi connectivity index (χ1) is 5.25. The van der Waals surface area contributed by atoms with Gasteiger partial charge in [0.05, 0.1) is 0 Å². The van der Waals surface area contributed by atoms with Crippen LogP contribution < -0.4 is 5.19 Å². The second kappa shape index (κ2) is 3.36. The molecule has 0 fully saturated rings. The van der Waals surface area contributed by atoms with E-state index in [9.17, 15) is 0 Å². The Morgan fingerprint density at radius 1 is 1.36 bits per heavy atom. The maximum absolute atomic E-state index is 8.50. The van der Waals surface area contributed by atoms with E-state index in [1.165, 1.54) is 16.3 Å². The smallest absolute Gasteiger partial charge is 0.207 e. The van der Waals surface area contributed by atoms with Crippen molar-refractivity contribution >= 4 is 14.7 Å². The fourth-order valence-electron chi connectivity index (χ4n) is 0.947. The molecule has 1 aromatic carbocycles. The van der Waals surface area contributed by atoms with Gasteiger partial charge in [0.2, 0.25) is 9.52 Å². The van der Waals surface area contributed by atoms with E-state index in [0.717, 1.165) is 0 Å². The van der Waals surface area contributed by atoms with E-state index < -0.39 is 0 Å². The summed E-state index contributed by atoms with van der Waals surface area (Å²) in [5, 5.41) is 9.67. The Hall–Kier alpha value is -1.07. The minimum atomic E-state index is 0.288. The van der Waals surface area contributed by atoms with E-state index in [1.807, 2.05) is 12.1 Å². The maximum Gasteiger partial charge on any atom is 0.226 e. The van der Waals surface area contributed by atoms with Gasteiger partial charge in [0.15, 0.2) is 0 Å². The number of benzene rings is 1. The van der Waals surface area contributed by atoms with E-state index in [4.69, 9.17) is 5.26 Å². The van der Waals surface area contributed by atoms with Crippen LogP contribution in [0.3, 0.4) is 0 Å². The number of nitrogens with zero attached hydrogens (tertiary/aromatic N) is 1. The van der Waals surface area contributed by atoms with Gasteiger partial charge in [0.25, 0.3) is 0 Å². The van der Waals surface area contributed by atoms with Crippen molar-refractivity contribution in [1.29, 1.82) is 5.26 Å². The number of hydrogen-bond donors (Lipinski definition) is 0. The van der Waals surface area contributed by atoms with Crippen molar-refractivity contribution in [3.8, 4) is 5.69 Å². The summed E-state index contributed by atoms with van der Waals surface area (Å²) in [4.78, 5) is 0. The molecule has 2 heteroatoms. The predicted octanol–water partition coefficient (Wildman–Crippen LogP) is 1.11. The zero-order chi connectivity index (χ0) is 8.27. The molecule has 0 atom stereocenters. The number of aryl methyl sites for hydroxylation is 1. The van der Waals surface area contributed by atoms with Crippen LogP contribution in [0.25, 0.3) is 0 Å². The number of nitriles is 1. The summed E-state index contributed by atoms with van der Waals surface area (Å²) >= 11 is 0. The van der Waals surface area contributed by atoms with E-state index >= 15 is 0 Å². The van der Waals surface area contributed by atoms with Gasteiger partial charge < -0.3 is 0 Å². The van der Waals surface area contributed by atoms with Crippen LogP contribution in [0.5, 0.6) is 0 Å². The molecule has 1 nitrogen and oxygen atoms in total. The Kier molecular flexibility index (Phi) is 2.45. The van der Waals surface area contributed by atoms with Crippen molar-refractivity contribution < 1.29 is 0 Å². The third-order valence-corrected chi connectivity index (χ3v) is 2.72. The van der Waals surface area contributed by atoms with Gasteiger partial charge in [0, 0.05) is 5.69 Å². The quantitative estimate of drug-likeness (QED) is 0.563. The van der Waals surface area contributed by atoms with Crippen molar-refractivity contribution in [1.82, 2.24) is 0 Å². The Morgan fingerprint density at radius 3 is 2.73 bits per heavy atom. The van der Waals surface area contributed by atoms with Gasteiger partial charge in [-0.3, -0.25) is 0 Å². The van der Waals surface area contributed by atoms with E-state index in [2.05, 4.69) is 25.6 Å².